The van der Waals surface area contributed by atoms with Gasteiger partial charge in [-0.15, -0.1) is 0 Å². The molecule has 0 radical (unpaired) electrons. The molecule has 2 aliphatic heterocycles. The number of nitrogens with zero attached hydrogens (tertiary/aromatic N) is 3. The van der Waals surface area contributed by atoms with Crippen molar-refractivity contribution in [2.45, 2.75) is 77.3 Å². The van der Waals surface area contributed by atoms with Crippen LogP contribution in [0.15, 0.2) is 0 Å². The first kappa shape index (κ1) is 21.1. The first-order valence-electron chi connectivity index (χ1n) is 12.1. The molecule has 0 amide bonds. The van der Waals surface area contributed by atoms with Crippen LogP contribution in [-0.2, 0) is 0 Å². The maximum absolute atomic E-state index is 15.6. The van der Waals surface area contributed by atoms with Gasteiger partial charge in [-0.25, -0.2) is 4.39 Å². The van der Waals surface area contributed by atoms with Crippen molar-refractivity contribution >= 4 is 0 Å². The fraction of sp³-hybridized carbons (Fsp3) is 1.00. The first-order chi connectivity index (χ1) is 13.3. The van der Waals surface area contributed by atoms with Gasteiger partial charge in [0.1, 0.15) is 5.67 Å². The third-order valence-electron chi connectivity index (χ3n) is 8.58. The fourth-order valence-electron chi connectivity index (χ4n) is 6.42. The molecule has 2 saturated carbocycles. The maximum Gasteiger partial charge on any atom is 0.123 e. The van der Waals surface area contributed by atoms with Gasteiger partial charge in [0.15, 0.2) is 0 Å². The van der Waals surface area contributed by atoms with Crippen LogP contribution >= 0.6 is 0 Å². The SMILES string of the molecule is CC(C)CC1(CN2CCC3(CC2)CCC(F)(CN2CCN(C)CC2)CC3)CC1. The lowest BCUT2D eigenvalue weighted by Gasteiger charge is -2.49. The number of likely N-dealkylation sites (N-methyl/N-ethyl adjacent to an activating group) is 1. The Labute approximate surface area is 173 Å². The molecule has 0 aromatic carbocycles. The van der Waals surface area contributed by atoms with Gasteiger partial charge in [-0.1, -0.05) is 13.8 Å². The van der Waals surface area contributed by atoms with Crippen LogP contribution in [0.2, 0.25) is 0 Å². The van der Waals surface area contributed by atoms with Crippen molar-refractivity contribution in [3.63, 3.8) is 0 Å². The van der Waals surface area contributed by atoms with Gasteiger partial charge in [0, 0.05) is 39.3 Å². The van der Waals surface area contributed by atoms with Crippen LogP contribution in [0, 0.1) is 16.7 Å². The minimum absolute atomic E-state index is 0.461. The molecule has 4 heteroatoms. The quantitative estimate of drug-likeness (QED) is 0.661. The Balaban J connectivity index is 1.22. The van der Waals surface area contributed by atoms with E-state index in [1.807, 2.05) is 0 Å². The summed E-state index contributed by atoms with van der Waals surface area (Å²) in [5.41, 5.74) is 0.193. The number of hydrogen-bond acceptors (Lipinski definition) is 3. The third kappa shape index (κ3) is 5.10. The first-order valence-corrected chi connectivity index (χ1v) is 12.1. The lowest BCUT2D eigenvalue weighted by atomic mass is 9.64. The molecule has 28 heavy (non-hydrogen) atoms. The molecule has 2 saturated heterocycles. The van der Waals surface area contributed by atoms with Crippen molar-refractivity contribution in [2.75, 3.05) is 59.4 Å². The van der Waals surface area contributed by atoms with Crippen LogP contribution in [0.5, 0.6) is 0 Å². The lowest BCUT2D eigenvalue weighted by molar-refractivity contribution is -0.0255. The second kappa shape index (κ2) is 8.15. The molecular formula is C24H44FN3. The van der Waals surface area contributed by atoms with E-state index in [4.69, 9.17) is 0 Å². The molecule has 0 N–H and O–H groups in total. The molecule has 3 nitrogen and oxygen atoms in total. The Morgan fingerprint density at radius 1 is 0.714 bits per heavy atom. The fourth-order valence-corrected chi connectivity index (χ4v) is 6.42. The number of alkyl halides is 1. The molecule has 0 unspecified atom stereocenters. The predicted molar refractivity (Wildman–Crippen MR) is 115 cm³/mol. The highest BCUT2D eigenvalue weighted by Gasteiger charge is 2.48. The summed E-state index contributed by atoms with van der Waals surface area (Å²) in [5, 5.41) is 0. The number of piperidine rings is 1. The van der Waals surface area contributed by atoms with E-state index >= 15 is 4.39 Å². The lowest BCUT2D eigenvalue weighted by Crippen LogP contribution is -2.52. The van der Waals surface area contributed by atoms with Gasteiger partial charge in [-0.2, -0.15) is 0 Å². The molecule has 162 valence electrons. The summed E-state index contributed by atoms with van der Waals surface area (Å²) >= 11 is 0. The van der Waals surface area contributed by atoms with Gasteiger partial charge < -0.3 is 9.80 Å². The average Bonchev–Trinajstić information content (AvgIpc) is 3.40. The van der Waals surface area contributed by atoms with E-state index in [-0.39, 0.29) is 0 Å². The molecule has 0 aromatic heterocycles. The molecule has 1 spiro atoms. The zero-order valence-corrected chi connectivity index (χ0v) is 18.8. The Kier molecular flexibility index (Phi) is 6.13. The number of piperazine rings is 1. The minimum atomic E-state index is -0.923. The minimum Gasteiger partial charge on any atom is -0.304 e. The van der Waals surface area contributed by atoms with E-state index in [0.29, 0.717) is 17.4 Å². The summed E-state index contributed by atoms with van der Waals surface area (Å²) < 4.78 is 15.6. The summed E-state index contributed by atoms with van der Waals surface area (Å²) in [5.74, 6) is 0.829. The topological polar surface area (TPSA) is 9.72 Å². The largest absolute Gasteiger partial charge is 0.304 e. The number of likely N-dealkylation sites (tertiary alicyclic amines) is 1. The van der Waals surface area contributed by atoms with Gasteiger partial charge in [0.05, 0.1) is 0 Å². The number of hydrogen-bond donors (Lipinski definition) is 0. The Hall–Kier alpha value is -0.190. The summed E-state index contributed by atoms with van der Waals surface area (Å²) in [6.45, 7) is 13.5. The van der Waals surface area contributed by atoms with E-state index in [0.717, 1.165) is 57.8 Å². The van der Waals surface area contributed by atoms with E-state index in [2.05, 4.69) is 35.6 Å². The molecule has 0 atom stereocenters. The van der Waals surface area contributed by atoms with Crippen LogP contribution in [-0.4, -0.2) is 79.8 Å². The summed E-state index contributed by atoms with van der Waals surface area (Å²) in [4.78, 5) is 7.49. The van der Waals surface area contributed by atoms with E-state index < -0.39 is 5.67 Å². The highest BCUT2D eigenvalue weighted by Crippen LogP contribution is 2.53. The van der Waals surface area contributed by atoms with Crippen molar-refractivity contribution < 1.29 is 4.39 Å². The average molecular weight is 394 g/mol. The van der Waals surface area contributed by atoms with Gasteiger partial charge in [-0.05, 0) is 94.7 Å². The summed E-state index contributed by atoms with van der Waals surface area (Å²) in [6.07, 6.45) is 10.8. The predicted octanol–water partition coefficient (Wildman–Crippen LogP) is 4.42. The van der Waals surface area contributed by atoms with Crippen molar-refractivity contribution in [1.82, 2.24) is 14.7 Å². The van der Waals surface area contributed by atoms with Gasteiger partial charge in [0.25, 0.3) is 0 Å². The molecule has 4 fully saturated rings. The van der Waals surface area contributed by atoms with E-state index in [9.17, 15) is 0 Å². The maximum atomic E-state index is 15.6. The highest BCUT2D eigenvalue weighted by atomic mass is 19.1. The summed E-state index contributed by atoms with van der Waals surface area (Å²) in [7, 11) is 2.17. The van der Waals surface area contributed by atoms with Gasteiger partial charge >= 0.3 is 0 Å². The molecule has 0 bridgehead atoms. The third-order valence-corrected chi connectivity index (χ3v) is 8.58. The highest BCUT2D eigenvalue weighted by molar-refractivity contribution is 5.00. The van der Waals surface area contributed by atoms with Gasteiger partial charge in [0.2, 0.25) is 0 Å². The smallest absolute Gasteiger partial charge is 0.123 e. The van der Waals surface area contributed by atoms with Crippen LogP contribution < -0.4 is 0 Å². The van der Waals surface area contributed by atoms with Crippen LogP contribution in [0.25, 0.3) is 0 Å². The van der Waals surface area contributed by atoms with Crippen molar-refractivity contribution in [1.29, 1.82) is 0 Å². The number of halogens is 1. The van der Waals surface area contributed by atoms with Crippen LogP contribution in [0.1, 0.15) is 71.6 Å². The summed E-state index contributed by atoms with van der Waals surface area (Å²) in [6, 6.07) is 0. The number of rotatable bonds is 6. The zero-order valence-electron chi connectivity index (χ0n) is 18.8. The Morgan fingerprint density at radius 2 is 1.29 bits per heavy atom. The zero-order chi connectivity index (χ0) is 19.8. The standard InChI is InChI=1S/C24H44FN3/c1-21(2)18-23(4-5-23)19-27-12-10-22(11-13-27)6-8-24(25,9-7-22)20-28-16-14-26(3)15-17-28/h21H,4-20H2,1-3H3. The Bertz CT molecular complexity index is 504. The van der Waals surface area contributed by atoms with Crippen LogP contribution in [0.4, 0.5) is 4.39 Å². The van der Waals surface area contributed by atoms with E-state index in [1.165, 1.54) is 51.7 Å². The van der Waals surface area contributed by atoms with Crippen molar-refractivity contribution in [3.8, 4) is 0 Å². The second-order valence-electron chi connectivity index (χ2n) is 11.6. The normalized spacial score (nSPS) is 30.8. The second-order valence-corrected chi connectivity index (χ2v) is 11.6. The van der Waals surface area contributed by atoms with E-state index in [1.54, 1.807) is 0 Å². The Morgan fingerprint density at radius 3 is 1.82 bits per heavy atom. The molecule has 2 aliphatic carbocycles. The van der Waals surface area contributed by atoms with Crippen molar-refractivity contribution in [2.24, 2.45) is 16.7 Å². The van der Waals surface area contributed by atoms with Gasteiger partial charge in [-0.3, -0.25) is 4.90 Å². The monoisotopic (exact) mass is 393 g/mol. The molecule has 4 rings (SSSR count). The molecule has 4 aliphatic rings. The molecule has 2 heterocycles. The van der Waals surface area contributed by atoms with Crippen LogP contribution in [0.3, 0.4) is 0 Å². The molecular weight excluding hydrogens is 349 g/mol. The van der Waals surface area contributed by atoms with Crippen molar-refractivity contribution in [3.05, 3.63) is 0 Å². The molecule has 0 aromatic rings.